The molecular formula is C27H27FN6OS. The fourth-order valence-corrected chi connectivity index (χ4v) is 5.12. The number of nitrogens with zero attached hydrogens (tertiary/aromatic N) is 6. The standard InChI is InChI=1S/C27H27FN6OS/c28-23-6-8-25(9-7-23)34(26(35)22-10-12-29-30-18-22)19-24-20-36-27(31-24)33-16-14-32(15-17-33)13-11-21-4-2-1-3-5-21/h1-10,12,18,20H,11,13-17,19H2. The first-order chi connectivity index (χ1) is 17.7. The van der Waals surface area contributed by atoms with Gasteiger partial charge in [-0.15, -0.1) is 11.3 Å². The molecule has 3 heterocycles. The van der Waals surface area contributed by atoms with Crippen LogP contribution in [0.25, 0.3) is 0 Å². The summed E-state index contributed by atoms with van der Waals surface area (Å²) in [6.07, 6.45) is 3.97. The van der Waals surface area contributed by atoms with Crippen LogP contribution in [0.2, 0.25) is 0 Å². The molecule has 0 bridgehead atoms. The molecule has 5 rings (SSSR count). The van der Waals surface area contributed by atoms with Gasteiger partial charge in [0, 0.05) is 43.8 Å². The van der Waals surface area contributed by atoms with Gasteiger partial charge in [-0.05, 0) is 42.3 Å². The van der Waals surface area contributed by atoms with Crippen molar-refractivity contribution in [2.45, 2.75) is 13.0 Å². The summed E-state index contributed by atoms with van der Waals surface area (Å²) in [5, 5.41) is 10.5. The van der Waals surface area contributed by atoms with Crippen molar-refractivity contribution < 1.29 is 9.18 Å². The lowest BCUT2D eigenvalue weighted by Crippen LogP contribution is -2.47. The number of carbonyl (C=O) groups excluding carboxylic acids is 1. The van der Waals surface area contributed by atoms with E-state index in [2.05, 4.69) is 50.3 Å². The quantitative estimate of drug-likeness (QED) is 0.358. The first-order valence-corrected chi connectivity index (χ1v) is 12.8. The maximum atomic E-state index is 13.5. The van der Waals surface area contributed by atoms with Gasteiger partial charge < -0.3 is 9.80 Å². The van der Waals surface area contributed by atoms with Gasteiger partial charge in [0.15, 0.2) is 5.13 Å². The number of carbonyl (C=O) groups is 1. The highest BCUT2D eigenvalue weighted by Gasteiger charge is 2.22. The Kier molecular flexibility index (Phi) is 7.58. The Hall–Kier alpha value is -3.69. The first-order valence-electron chi connectivity index (χ1n) is 12.0. The van der Waals surface area contributed by atoms with Gasteiger partial charge in [0.25, 0.3) is 5.91 Å². The van der Waals surface area contributed by atoms with Crippen LogP contribution < -0.4 is 9.80 Å². The first kappa shape index (κ1) is 24.0. The normalized spacial score (nSPS) is 14.1. The van der Waals surface area contributed by atoms with E-state index in [0.717, 1.165) is 50.0 Å². The van der Waals surface area contributed by atoms with Crippen LogP contribution in [0.1, 0.15) is 21.6 Å². The number of halogens is 1. The van der Waals surface area contributed by atoms with Gasteiger partial charge in [-0.1, -0.05) is 30.3 Å². The molecule has 36 heavy (non-hydrogen) atoms. The molecule has 2 aromatic heterocycles. The molecule has 0 radical (unpaired) electrons. The van der Waals surface area contributed by atoms with E-state index in [4.69, 9.17) is 4.98 Å². The summed E-state index contributed by atoms with van der Waals surface area (Å²) in [7, 11) is 0. The van der Waals surface area contributed by atoms with Gasteiger partial charge in [-0.25, -0.2) is 9.37 Å². The van der Waals surface area contributed by atoms with Crippen LogP contribution in [0.3, 0.4) is 0 Å². The van der Waals surface area contributed by atoms with Crippen LogP contribution in [-0.4, -0.2) is 58.7 Å². The molecule has 0 atom stereocenters. The molecule has 0 spiro atoms. The van der Waals surface area contributed by atoms with Crippen molar-refractivity contribution in [3.63, 3.8) is 0 Å². The Labute approximate surface area is 213 Å². The Morgan fingerprint density at radius 1 is 0.972 bits per heavy atom. The van der Waals surface area contributed by atoms with E-state index < -0.39 is 0 Å². The van der Waals surface area contributed by atoms with E-state index in [1.165, 1.54) is 30.1 Å². The Morgan fingerprint density at radius 3 is 2.47 bits per heavy atom. The third-order valence-electron chi connectivity index (χ3n) is 6.28. The lowest BCUT2D eigenvalue weighted by Gasteiger charge is -2.34. The molecule has 0 saturated carbocycles. The Balaban J connectivity index is 1.23. The van der Waals surface area contributed by atoms with Crippen LogP contribution in [0.4, 0.5) is 15.2 Å². The average molecular weight is 503 g/mol. The van der Waals surface area contributed by atoms with Crippen molar-refractivity contribution in [2.24, 2.45) is 0 Å². The molecule has 1 saturated heterocycles. The minimum Gasteiger partial charge on any atom is -0.346 e. The van der Waals surface area contributed by atoms with Gasteiger partial charge in [0.05, 0.1) is 30.2 Å². The number of piperazine rings is 1. The molecule has 1 amide bonds. The highest BCUT2D eigenvalue weighted by molar-refractivity contribution is 7.13. The molecule has 1 aliphatic rings. The molecule has 9 heteroatoms. The zero-order chi connectivity index (χ0) is 24.7. The third kappa shape index (κ3) is 5.92. The fraction of sp³-hybridized carbons (Fsp3) is 0.259. The maximum Gasteiger partial charge on any atom is 0.260 e. The average Bonchev–Trinajstić information content (AvgIpc) is 3.41. The fourth-order valence-electron chi connectivity index (χ4n) is 4.25. The minimum atomic E-state index is -0.351. The number of benzene rings is 2. The highest BCUT2D eigenvalue weighted by atomic mass is 32.1. The predicted octanol–water partition coefficient (Wildman–Crippen LogP) is 4.28. The third-order valence-corrected chi connectivity index (χ3v) is 7.23. The Morgan fingerprint density at radius 2 is 1.75 bits per heavy atom. The molecule has 7 nitrogen and oxygen atoms in total. The van der Waals surface area contributed by atoms with Gasteiger partial charge in [0.1, 0.15) is 5.82 Å². The number of amides is 1. The van der Waals surface area contributed by atoms with Crippen molar-refractivity contribution in [1.82, 2.24) is 20.1 Å². The molecule has 1 aliphatic heterocycles. The second-order valence-corrected chi connectivity index (χ2v) is 9.52. The van der Waals surface area contributed by atoms with Crippen LogP contribution in [0.15, 0.2) is 78.4 Å². The molecule has 4 aromatic rings. The van der Waals surface area contributed by atoms with Gasteiger partial charge in [-0.2, -0.15) is 10.2 Å². The molecular weight excluding hydrogens is 475 g/mol. The molecule has 0 N–H and O–H groups in total. The van der Waals surface area contributed by atoms with Crippen molar-refractivity contribution in [2.75, 3.05) is 42.5 Å². The van der Waals surface area contributed by atoms with Crippen molar-refractivity contribution in [3.05, 3.63) is 101 Å². The molecule has 0 unspecified atom stereocenters. The number of aromatic nitrogens is 3. The summed E-state index contributed by atoms with van der Waals surface area (Å²) < 4.78 is 13.5. The smallest absolute Gasteiger partial charge is 0.260 e. The van der Waals surface area contributed by atoms with E-state index in [1.807, 2.05) is 5.38 Å². The van der Waals surface area contributed by atoms with Crippen LogP contribution in [-0.2, 0) is 13.0 Å². The van der Waals surface area contributed by atoms with Gasteiger partial charge >= 0.3 is 0 Å². The van der Waals surface area contributed by atoms with Crippen molar-refractivity contribution >= 4 is 28.1 Å². The molecule has 0 aliphatic carbocycles. The zero-order valence-electron chi connectivity index (χ0n) is 19.8. The van der Waals surface area contributed by atoms with Crippen LogP contribution in [0, 0.1) is 5.82 Å². The Bertz CT molecular complexity index is 1260. The largest absolute Gasteiger partial charge is 0.346 e. The second-order valence-electron chi connectivity index (χ2n) is 8.68. The summed E-state index contributed by atoms with van der Waals surface area (Å²) >= 11 is 1.59. The molecule has 2 aromatic carbocycles. The lowest BCUT2D eigenvalue weighted by atomic mass is 10.1. The number of anilines is 2. The van der Waals surface area contributed by atoms with E-state index in [1.54, 1.807) is 34.4 Å². The SMILES string of the molecule is O=C(c1ccnnc1)N(Cc1csc(N2CCN(CCc3ccccc3)CC2)n1)c1ccc(F)cc1. The van der Waals surface area contributed by atoms with E-state index in [-0.39, 0.29) is 18.3 Å². The van der Waals surface area contributed by atoms with Gasteiger partial charge in [-0.3, -0.25) is 9.69 Å². The number of rotatable bonds is 8. The summed E-state index contributed by atoms with van der Waals surface area (Å²) in [6, 6.07) is 18.1. The number of thiazole rings is 1. The molecule has 184 valence electrons. The topological polar surface area (TPSA) is 65.5 Å². The number of hydrogen-bond acceptors (Lipinski definition) is 7. The van der Waals surface area contributed by atoms with Crippen LogP contribution in [0.5, 0.6) is 0 Å². The molecule has 1 fully saturated rings. The zero-order valence-corrected chi connectivity index (χ0v) is 20.6. The van der Waals surface area contributed by atoms with Gasteiger partial charge in [0.2, 0.25) is 0 Å². The van der Waals surface area contributed by atoms with Crippen molar-refractivity contribution in [3.8, 4) is 0 Å². The summed E-state index contributed by atoms with van der Waals surface area (Å²) in [5.74, 6) is -0.589. The highest BCUT2D eigenvalue weighted by Crippen LogP contribution is 2.26. The van der Waals surface area contributed by atoms with E-state index in [0.29, 0.717) is 11.3 Å². The van der Waals surface area contributed by atoms with Crippen molar-refractivity contribution in [1.29, 1.82) is 0 Å². The maximum absolute atomic E-state index is 13.5. The number of hydrogen-bond donors (Lipinski definition) is 0. The minimum absolute atomic E-state index is 0.238. The van der Waals surface area contributed by atoms with E-state index in [9.17, 15) is 9.18 Å². The van der Waals surface area contributed by atoms with Crippen LogP contribution >= 0.6 is 11.3 Å². The monoisotopic (exact) mass is 502 g/mol. The summed E-state index contributed by atoms with van der Waals surface area (Å²) in [4.78, 5) is 24.5. The summed E-state index contributed by atoms with van der Waals surface area (Å²) in [6.45, 7) is 5.17. The lowest BCUT2D eigenvalue weighted by molar-refractivity contribution is 0.0984. The van der Waals surface area contributed by atoms with E-state index >= 15 is 0 Å². The summed E-state index contributed by atoms with van der Waals surface area (Å²) in [5.41, 5.74) is 3.17. The predicted molar refractivity (Wildman–Crippen MR) is 140 cm³/mol. The second kappa shape index (κ2) is 11.4.